The normalized spacial score (nSPS) is 17.2. The highest BCUT2D eigenvalue weighted by Crippen LogP contribution is 2.47. The zero-order valence-corrected chi connectivity index (χ0v) is 17.8. The van der Waals surface area contributed by atoms with E-state index in [2.05, 4.69) is 15.5 Å². The van der Waals surface area contributed by atoms with Crippen LogP contribution in [0, 0.1) is 17.2 Å². The maximum absolute atomic E-state index is 15.5. The van der Waals surface area contributed by atoms with Crippen LogP contribution in [0.3, 0.4) is 0 Å². The molecule has 3 N–H and O–H groups in total. The predicted molar refractivity (Wildman–Crippen MR) is 118 cm³/mol. The third-order valence-corrected chi connectivity index (χ3v) is 6.85. The molecule has 5 rings (SSSR count). The molecule has 0 spiro atoms. The van der Waals surface area contributed by atoms with Gasteiger partial charge >= 0.3 is 6.03 Å². The molecule has 2 amide bonds. The number of nitriles is 1. The largest absolute Gasteiger partial charge is 0.382 e. The van der Waals surface area contributed by atoms with Gasteiger partial charge in [0.15, 0.2) is 0 Å². The summed E-state index contributed by atoms with van der Waals surface area (Å²) in [6.07, 6.45) is 1.32. The fourth-order valence-electron chi connectivity index (χ4n) is 4.84. The lowest BCUT2D eigenvalue weighted by Crippen LogP contribution is -2.47. The first kappa shape index (κ1) is 21.3. The molecule has 3 aromatic rings. The van der Waals surface area contributed by atoms with E-state index in [-0.39, 0.29) is 37.5 Å². The quantitative estimate of drug-likeness (QED) is 0.554. The standard InChI is InChI=1S/C24H23F2N5O2/c25-24(26,22(32)20-19-6-3-15(19)11-16-13-28-30-21(16)20)17-7-9-31(10-8-17)23(33)29-18-4-1-14(12-27)2-5-18/h1-2,4-5,11,13,17,22,32H,3,6-10H2,(H,28,30)(H,29,33)/t22-/m1/s1. The third-order valence-electron chi connectivity index (χ3n) is 6.85. The van der Waals surface area contributed by atoms with Crippen molar-refractivity contribution in [3.63, 3.8) is 0 Å². The molecular formula is C24H23F2N5O2. The van der Waals surface area contributed by atoms with Crippen molar-refractivity contribution in [2.24, 2.45) is 5.92 Å². The minimum atomic E-state index is -3.33. The smallest absolute Gasteiger partial charge is 0.321 e. The SMILES string of the molecule is N#Cc1ccc(NC(=O)N2CCC(C(F)(F)[C@H](O)c3c4c(cc5cn[nH]c35)CC4)CC2)cc1. The van der Waals surface area contributed by atoms with Gasteiger partial charge in [-0.1, -0.05) is 0 Å². The van der Waals surface area contributed by atoms with E-state index in [0.29, 0.717) is 23.2 Å². The monoisotopic (exact) mass is 451 g/mol. The van der Waals surface area contributed by atoms with E-state index in [1.165, 1.54) is 4.90 Å². The molecule has 1 saturated heterocycles. The number of carbonyl (C=O) groups is 1. The van der Waals surface area contributed by atoms with Gasteiger partial charge in [-0.15, -0.1) is 0 Å². The van der Waals surface area contributed by atoms with Crippen LogP contribution in [0.5, 0.6) is 0 Å². The minimum absolute atomic E-state index is 0.0893. The highest BCUT2D eigenvalue weighted by atomic mass is 19.3. The molecule has 7 nitrogen and oxygen atoms in total. The number of nitrogens with one attached hydrogen (secondary N) is 2. The van der Waals surface area contributed by atoms with Crippen LogP contribution in [0.15, 0.2) is 36.5 Å². The predicted octanol–water partition coefficient (Wildman–Crippen LogP) is 4.15. The van der Waals surface area contributed by atoms with Crippen LogP contribution in [-0.2, 0) is 12.8 Å². The molecule has 33 heavy (non-hydrogen) atoms. The number of aryl methyl sites for hydroxylation is 1. The van der Waals surface area contributed by atoms with E-state index in [9.17, 15) is 9.90 Å². The summed E-state index contributed by atoms with van der Waals surface area (Å²) < 4.78 is 31.0. The Morgan fingerprint density at radius 3 is 2.64 bits per heavy atom. The number of aliphatic hydroxyl groups excluding tert-OH is 1. The van der Waals surface area contributed by atoms with Gasteiger partial charge in [-0.05, 0) is 67.1 Å². The van der Waals surface area contributed by atoms with E-state index in [1.54, 1.807) is 30.5 Å². The molecule has 0 bridgehead atoms. The topological polar surface area (TPSA) is 105 Å². The molecule has 0 unspecified atom stereocenters. The van der Waals surface area contributed by atoms with Gasteiger partial charge in [-0.3, -0.25) is 5.10 Å². The zero-order valence-electron chi connectivity index (χ0n) is 17.8. The van der Waals surface area contributed by atoms with E-state index in [0.717, 1.165) is 22.9 Å². The Bertz CT molecular complexity index is 1240. The first-order valence-corrected chi connectivity index (χ1v) is 11.0. The molecular weight excluding hydrogens is 428 g/mol. The van der Waals surface area contributed by atoms with Crippen LogP contribution < -0.4 is 5.32 Å². The van der Waals surface area contributed by atoms with Crippen LogP contribution in [0.2, 0.25) is 0 Å². The molecule has 9 heteroatoms. The van der Waals surface area contributed by atoms with Crippen LogP contribution in [-0.4, -0.2) is 45.2 Å². The van der Waals surface area contributed by atoms with Gasteiger partial charge in [0.2, 0.25) is 0 Å². The fourth-order valence-corrected chi connectivity index (χ4v) is 4.84. The van der Waals surface area contributed by atoms with Gasteiger partial charge in [0, 0.05) is 35.6 Å². The van der Waals surface area contributed by atoms with Crippen molar-refractivity contribution in [3.05, 3.63) is 58.8 Å². The lowest BCUT2D eigenvalue weighted by atomic mass is 9.77. The Balaban J connectivity index is 1.27. The molecule has 170 valence electrons. The highest BCUT2D eigenvalue weighted by Gasteiger charge is 2.50. The molecule has 0 radical (unpaired) electrons. The second-order valence-electron chi connectivity index (χ2n) is 8.72. The number of piperidine rings is 1. The number of hydrogen-bond donors (Lipinski definition) is 3. The number of rotatable bonds is 4. The first-order chi connectivity index (χ1) is 15.9. The number of urea groups is 1. The lowest BCUT2D eigenvalue weighted by molar-refractivity contribution is -0.159. The summed E-state index contributed by atoms with van der Waals surface area (Å²) in [6.45, 7) is 0.336. The molecule has 1 aromatic heterocycles. The van der Waals surface area contributed by atoms with Crippen molar-refractivity contribution in [3.8, 4) is 6.07 Å². The van der Waals surface area contributed by atoms with E-state index in [4.69, 9.17) is 5.26 Å². The van der Waals surface area contributed by atoms with Crippen molar-refractivity contribution in [1.82, 2.24) is 15.1 Å². The number of halogens is 2. The van der Waals surface area contributed by atoms with Crippen LogP contribution in [0.25, 0.3) is 10.9 Å². The average Bonchev–Trinajstić information content (AvgIpc) is 3.28. The summed E-state index contributed by atoms with van der Waals surface area (Å²) in [5, 5.41) is 29.9. The number of aromatic amines is 1. The number of alkyl halides is 2. The van der Waals surface area contributed by atoms with Crippen molar-refractivity contribution < 1.29 is 18.7 Å². The van der Waals surface area contributed by atoms with Gasteiger partial charge in [0.05, 0.1) is 23.3 Å². The number of likely N-dealkylation sites (tertiary alicyclic amines) is 1. The van der Waals surface area contributed by atoms with Gasteiger partial charge in [-0.25, -0.2) is 13.6 Å². The summed E-state index contributed by atoms with van der Waals surface area (Å²) in [4.78, 5) is 14.0. The number of anilines is 1. The van der Waals surface area contributed by atoms with Crippen LogP contribution in [0.4, 0.5) is 19.3 Å². The number of hydrogen-bond acceptors (Lipinski definition) is 4. The van der Waals surface area contributed by atoms with Gasteiger partial charge in [0.25, 0.3) is 5.92 Å². The Morgan fingerprint density at radius 1 is 1.27 bits per heavy atom. The Kier molecular flexibility index (Phi) is 5.25. The van der Waals surface area contributed by atoms with Gasteiger partial charge in [0.1, 0.15) is 6.10 Å². The first-order valence-electron chi connectivity index (χ1n) is 11.0. The van der Waals surface area contributed by atoms with Crippen molar-refractivity contribution in [2.75, 3.05) is 18.4 Å². The number of amides is 2. The molecule has 0 saturated carbocycles. The summed E-state index contributed by atoms with van der Waals surface area (Å²) in [6, 6.07) is 10.0. The van der Waals surface area contributed by atoms with E-state index >= 15 is 8.78 Å². The molecule has 1 aliphatic heterocycles. The molecule has 1 aliphatic carbocycles. The number of benzene rings is 2. The summed E-state index contributed by atoms with van der Waals surface area (Å²) in [7, 11) is 0. The average molecular weight is 451 g/mol. The Morgan fingerprint density at radius 2 is 2.00 bits per heavy atom. The van der Waals surface area contributed by atoms with Gasteiger partial charge < -0.3 is 15.3 Å². The number of nitrogens with zero attached hydrogens (tertiary/aromatic N) is 3. The molecule has 1 fully saturated rings. The summed E-state index contributed by atoms with van der Waals surface area (Å²) >= 11 is 0. The van der Waals surface area contributed by atoms with Crippen LogP contribution >= 0.6 is 0 Å². The second-order valence-corrected chi connectivity index (χ2v) is 8.72. The zero-order chi connectivity index (χ0) is 23.2. The summed E-state index contributed by atoms with van der Waals surface area (Å²) in [5.41, 5.74) is 3.53. The summed E-state index contributed by atoms with van der Waals surface area (Å²) in [5.74, 6) is -4.38. The number of carbonyl (C=O) groups excluding carboxylic acids is 1. The van der Waals surface area contributed by atoms with Gasteiger partial charge in [-0.2, -0.15) is 10.4 Å². The van der Waals surface area contributed by atoms with E-state index < -0.39 is 17.9 Å². The van der Waals surface area contributed by atoms with Crippen LogP contribution in [0.1, 0.15) is 41.2 Å². The second kappa shape index (κ2) is 8.12. The number of aliphatic hydroxyl groups is 1. The molecule has 2 heterocycles. The third kappa shape index (κ3) is 3.70. The maximum atomic E-state index is 15.5. The molecule has 1 atom stereocenters. The maximum Gasteiger partial charge on any atom is 0.321 e. The minimum Gasteiger partial charge on any atom is -0.382 e. The Labute approximate surface area is 189 Å². The van der Waals surface area contributed by atoms with Crippen molar-refractivity contribution in [2.45, 2.75) is 37.7 Å². The number of fused-ring (bicyclic) bond motifs is 2. The molecule has 2 aromatic carbocycles. The number of H-pyrrole nitrogens is 1. The Hall–Kier alpha value is -3.51. The highest BCUT2D eigenvalue weighted by molar-refractivity contribution is 5.89. The van der Waals surface area contributed by atoms with E-state index in [1.807, 2.05) is 12.1 Å². The fraction of sp³-hybridized carbons (Fsp3) is 0.375. The van der Waals surface area contributed by atoms with Crippen molar-refractivity contribution >= 4 is 22.6 Å². The number of aromatic nitrogens is 2. The lowest BCUT2D eigenvalue weighted by Gasteiger charge is -2.38. The van der Waals surface area contributed by atoms with Crippen molar-refractivity contribution in [1.29, 1.82) is 5.26 Å². The molecule has 2 aliphatic rings.